The number of amides is 1. The normalized spacial score (nSPS) is 19.1. The molecule has 428 valence electrons. The highest BCUT2D eigenvalue weighted by Gasteiger charge is 2.44. The molecule has 0 bridgehead atoms. The molecule has 0 aromatic carbocycles. The molecule has 73 heavy (non-hydrogen) atoms. The van der Waals surface area contributed by atoms with Crippen LogP contribution in [-0.2, 0) is 23.8 Å². The summed E-state index contributed by atoms with van der Waals surface area (Å²) >= 11 is 0. The molecule has 0 aromatic heterocycles. The van der Waals surface area contributed by atoms with Gasteiger partial charge in [0.15, 0.2) is 6.29 Å². The number of ether oxygens (including phenoxy) is 3. The van der Waals surface area contributed by atoms with Gasteiger partial charge in [0.05, 0.1) is 32.0 Å². The number of allylic oxidation sites excluding steroid dienone is 5. The third-order valence-electron chi connectivity index (χ3n) is 14.5. The molecule has 1 aliphatic rings. The van der Waals surface area contributed by atoms with Crippen molar-refractivity contribution in [2.45, 2.75) is 326 Å². The number of rotatable bonds is 53. The van der Waals surface area contributed by atoms with Gasteiger partial charge in [-0.05, 0) is 70.6 Å². The molecule has 1 aliphatic heterocycles. The summed E-state index contributed by atoms with van der Waals surface area (Å²) in [6.45, 7) is 4.31. The van der Waals surface area contributed by atoms with Crippen molar-refractivity contribution in [1.82, 2.24) is 5.32 Å². The maximum Gasteiger partial charge on any atom is 0.305 e. The Bertz CT molecular complexity index is 1310. The first kappa shape index (κ1) is 68.9. The largest absolute Gasteiger partial charge is 0.466 e. The number of unbranched alkanes of at least 4 members (excludes halogenated alkanes) is 35. The molecular formula is C62H115NO10. The van der Waals surface area contributed by atoms with E-state index >= 15 is 0 Å². The Morgan fingerprint density at radius 3 is 1.36 bits per heavy atom. The first-order chi connectivity index (χ1) is 35.7. The third-order valence-corrected chi connectivity index (χ3v) is 14.5. The molecular weight excluding hydrogens is 919 g/mol. The highest BCUT2D eigenvalue weighted by atomic mass is 16.7. The molecule has 7 atom stereocenters. The summed E-state index contributed by atoms with van der Waals surface area (Å²) in [6, 6.07) is -0.835. The van der Waals surface area contributed by atoms with E-state index in [4.69, 9.17) is 14.2 Å². The van der Waals surface area contributed by atoms with E-state index in [1.54, 1.807) is 6.08 Å². The van der Waals surface area contributed by atoms with Crippen LogP contribution >= 0.6 is 0 Å². The number of aliphatic hydroxyl groups is 5. The number of hydrogen-bond donors (Lipinski definition) is 6. The first-order valence-electron chi connectivity index (χ1n) is 30.8. The predicted octanol–water partition coefficient (Wildman–Crippen LogP) is 14.3. The van der Waals surface area contributed by atoms with Gasteiger partial charge in [-0.2, -0.15) is 0 Å². The SMILES string of the molecule is CCCCCCCCCCC/C=C/CC/C=C/C(O)C(COC1OC(CO)C(O)C(O)C1O)NC(=O)CCCCCCCCC/C=C\CCCCCCCCCCOC(=O)CCCCCCCCCCCCC. The second-order valence-corrected chi connectivity index (χ2v) is 21.4. The zero-order valence-electron chi connectivity index (χ0n) is 47.1. The molecule has 1 heterocycles. The van der Waals surface area contributed by atoms with Crippen molar-refractivity contribution in [3.63, 3.8) is 0 Å². The van der Waals surface area contributed by atoms with Gasteiger partial charge < -0.3 is 45.1 Å². The van der Waals surface area contributed by atoms with Crippen LogP contribution in [0.5, 0.6) is 0 Å². The van der Waals surface area contributed by atoms with Crippen LogP contribution in [0.4, 0.5) is 0 Å². The van der Waals surface area contributed by atoms with Gasteiger partial charge >= 0.3 is 5.97 Å². The van der Waals surface area contributed by atoms with Crippen molar-refractivity contribution in [1.29, 1.82) is 0 Å². The molecule has 7 unspecified atom stereocenters. The summed E-state index contributed by atoms with van der Waals surface area (Å²) in [4.78, 5) is 25.1. The summed E-state index contributed by atoms with van der Waals surface area (Å²) in [5.41, 5.74) is 0. The van der Waals surface area contributed by atoms with Crippen molar-refractivity contribution < 1.29 is 49.3 Å². The van der Waals surface area contributed by atoms with Crippen LogP contribution in [-0.4, -0.2) is 100 Å². The fourth-order valence-electron chi connectivity index (χ4n) is 9.56. The van der Waals surface area contributed by atoms with Crippen molar-refractivity contribution in [3.8, 4) is 0 Å². The number of aliphatic hydroxyl groups excluding tert-OH is 5. The lowest BCUT2D eigenvalue weighted by atomic mass is 9.99. The van der Waals surface area contributed by atoms with Crippen LogP contribution in [0, 0.1) is 0 Å². The van der Waals surface area contributed by atoms with Crippen LogP contribution in [0.2, 0.25) is 0 Å². The van der Waals surface area contributed by atoms with E-state index in [0.717, 1.165) is 83.5 Å². The third kappa shape index (κ3) is 41.7. The Hall–Kier alpha value is -2.12. The van der Waals surface area contributed by atoms with Gasteiger partial charge in [0, 0.05) is 12.8 Å². The zero-order chi connectivity index (χ0) is 53.1. The molecule has 11 heteroatoms. The molecule has 1 fully saturated rings. The van der Waals surface area contributed by atoms with Crippen LogP contribution in [0.25, 0.3) is 0 Å². The van der Waals surface area contributed by atoms with Crippen LogP contribution < -0.4 is 5.32 Å². The molecule has 1 amide bonds. The van der Waals surface area contributed by atoms with Gasteiger partial charge in [0.1, 0.15) is 24.4 Å². The van der Waals surface area contributed by atoms with Crippen molar-refractivity contribution >= 4 is 11.9 Å². The molecule has 0 radical (unpaired) electrons. The van der Waals surface area contributed by atoms with Gasteiger partial charge in [0.25, 0.3) is 0 Å². The predicted molar refractivity (Wildman–Crippen MR) is 301 cm³/mol. The molecule has 6 N–H and O–H groups in total. The summed E-state index contributed by atoms with van der Waals surface area (Å²) in [5, 5.41) is 54.4. The van der Waals surface area contributed by atoms with Gasteiger partial charge in [-0.25, -0.2) is 0 Å². The first-order valence-corrected chi connectivity index (χ1v) is 30.8. The van der Waals surface area contributed by atoms with Crippen molar-refractivity contribution in [3.05, 3.63) is 36.5 Å². The highest BCUT2D eigenvalue weighted by molar-refractivity contribution is 5.76. The maximum absolute atomic E-state index is 13.0. The summed E-state index contributed by atoms with van der Waals surface area (Å²) in [7, 11) is 0. The van der Waals surface area contributed by atoms with Gasteiger partial charge in [-0.15, -0.1) is 0 Å². The minimum atomic E-state index is -1.58. The van der Waals surface area contributed by atoms with Gasteiger partial charge in [0.2, 0.25) is 5.91 Å². The van der Waals surface area contributed by atoms with Crippen LogP contribution in [0.15, 0.2) is 36.5 Å². The second-order valence-electron chi connectivity index (χ2n) is 21.4. The minimum absolute atomic E-state index is 0.0118. The summed E-state index contributed by atoms with van der Waals surface area (Å²) < 4.78 is 16.7. The molecule has 0 aromatic rings. The standard InChI is InChI=1S/C62H115NO10/c1-3-5-7-9-11-13-15-16-22-25-29-32-36-40-44-48-55(65)54(53-72-62-61(70)60(69)59(68)56(52-64)73-62)63-57(66)49-45-41-37-33-30-26-23-20-18-17-19-21-24-27-31-35-39-43-47-51-71-58(67)50-46-42-38-34-28-14-12-10-8-6-4-2/h17-18,29,32,44,48,54-56,59-62,64-65,68-70H,3-16,19-28,30-31,33-43,45-47,49-53H2,1-2H3,(H,63,66)/b18-17-,32-29+,48-44+. The Morgan fingerprint density at radius 1 is 0.493 bits per heavy atom. The average molecular weight is 1030 g/mol. The van der Waals surface area contributed by atoms with E-state index in [1.165, 1.54) is 173 Å². The minimum Gasteiger partial charge on any atom is -0.466 e. The highest BCUT2D eigenvalue weighted by Crippen LogP contribution is 2.23. The van der Waals surface area contributed by atoms with E-state index in [1.807, 2.05) is 6.08 Å². The maximum atomic E-state index is 13.0. The zero-order valence-corrected chi connectivity index (χ0v) is 47.1. The van der Waals surface area contributed by atoms with E-state index in [-0.39, 0.29) is 18.5 Å². The smallest absolute Gasteiger partial charge is 0.305 e. The second kappa shape index (κ2) is 52.0. The number of hydrogen-bond acceptors (Lipinski definition) is 10. The van der Waals surface area contributed by atoms with Crippen molar-refractivity contribution in [2.24, 2.45) is 0 Å². The number of nitrogens with one attached hydrogen (secondary N) is 1. The number of esters is 1. The Labute approximate surface area is 447 Å². The molecule has 0 saturated carbocycles. The van der Waals surface area contributed by atoms with Crippen molar-refractivity contribution in [2.75, 3.05) is 19.8 Å². The van der Waals surface area contributed by atoms with Gasteiger partial charge in [-0.1, -0.05) is 237 Å². The lowest BCUT2D eigenvalue weighted by molar-refractivity contribution is -0.302. The summed E-state index contributed by atoms with van der Waals surface area (Å²) in [6.07, 6.45) is 53.7. The quantitative estimate of drug-likeness (QED) is 0.0195. The monoisotopic (exact) mass is 1030 g/mol. The van der Waals surface area contributed by atoms with Crippen LogP contribution in [0.1, 0.15) is 284 Å². The van der Waals surface area contributed by atoms with E-state index in [9.17, 15) is 35.1 Å². The van der Waals surface area contributed by atoms with Gasteiger partial charge in [-0.3, -0.25) is 9.59 Å². The molecule has 11 nitrogen and oxygen atoms in total. The lowest BCUT2D eigenvalue weighted by Gasteiger charge is -2.40. The lowest BCUT2D eigenvalue weighted by Crippen LogP contribution is -2.60. The molecule has 1 rings (SSSR count). The topological polar surface area (TPSA) is 175 Å². The summed E-state index contributed by atoms with van der Waals surface area (Å²) in [5.74, 6) is -0.212. The molecule has 1 saturated heterocycles. The van der Waals surface area contributed by atoms with Crippen LogP contribution in [0.3, 0.4) is 0 Å². The fraction of sp³-hybridized carbons (Fsp3) is 0.871. The van der Waals surface area contributed by atoms with E-state index in [2.05, 4.69) is 43.5 Å². The van der Waals surface area contributed by atoms with E-state index in [0.29, 0.717) is 19.4 Å². The Morgan fingerprint density at radius 2 is 0.890 bits per heavy atom. The van der Waals surface area contributed by atoms with E-state index < -0.39 is 49.5 Å². The molecule has 0 spiro atoms. The fourth-order valence-corrected chi connectivity index (χ4v) is 9.56. The Balaban J connectivity index is 2.13. The average Bonchev–Trinajstić information content (AvgIpc) is 3.39. The molecule has 0 aliphatic carbocycles. The number of carbonyl (C=O) groups excluding carboxylic acids is 2. The number of carbonyl (C=O) groups is 2. The Kier molecular flexibility index (Phi) is 49.0.